The van der Waals surface area contributed by atoms with Crippen molar-refractivity contribution in [3.8, 4) is 0 Å². The Balaban J connectivity index is 1.90. The quantitative estimate of drug-likeness (QED) is 0.501. The van der Waals surface area contributed by atoms with Crippen LogP contribution < -0.4 is 10.6 Å². The molecule has 0 radical (unpaired) electrons. The highest BCUT2D eigenvalue weighted by atomic mass is 32.2. The molecule has 7 nitrogen and oxygen atoms in total. The van der Waals surface area contributed by atoms with Gasteiger partial charge in [-0.25, -0.2) is 0 Å². The van der Waals surface area contributed by atoms with E-state index in [1.54, 1.807) is 6.26 Å². The lowest BCUT2D eigenvalue weighted by Gasteiger charge is -2.24. The van der Waals surface area contributed by atoms with Crippen molar-refractivity contribution in [2.24, 2.45) is 11.8 Å². The van der Waals surface area contributed by atoms with E-state index in [2.05, 4.69) is 33.5 Å². The first-order chi connectivity index (χ1) is 15.6. The van der Waals surface area contributed by atoms with Crippen molar-refractivity contribution in [3.05, 3.63) is 36.0 Å². The Labute approximate surface area is 198 Å². The molecule has 0 spiro atoms. The van der Waals surface area contributed by atoms with Gasteiger partial charge in [0.25, 0.3) is 0 Å². The van der Waals surface area contributed by atoms with E-state index in [9.17, 15) is 9.59 Å². The average Bonchev–Trinajstić information content (AvgIpc) is 3.08. The van der Waals surface area contributed by atoms with Crippen LogP contribution in [-0.4, -0.2) is 41.0 Å². The highest BCUT2D eigenvalue weighted by Crippen LogP contribution is 2.24. The molecule has 2 aromatic rings. The van der Waals surface area contributed by atoms with Crippen LogP contribution in [0.15, 0.2) is 30.5 Å². The number of fused-ring (bicyclic) bond motifs is 5. The van der Waals surface area contributed by atoms with E-state index in [-0.39, 0.29) is 23.5 Å². The van der Waals surface area contributed by atoms with Crippen molar-refractivity contribution < 1.29 is 9.59 Å². The highest BCUT2D eigenvalue weighted by Gasteiger charge is 2.28. The number of rotatable bonds is 6. The second-order valence-electron chi connectivity index (χ2n) is 9.92. The molecule has 0 saturated heterocycles. The smallest absolute Gasteiger partial charge is 0.242 e. The minimum Gasteiger partial charge on any atom is -0.354 e. The van der Waals surface area contributed by atoms with Crippen LogP contribution in [0.2, 0.25) is 0 Å². The number of para-hydroxylation sites is 1. The third kappa shape index (κ3) is 7.32. The van der Waals surface area contributed by atoms with Crippen LogP contribution in [0, 0.1) is 21.4 Å². The standard InChI is InChI=1S/C25H39N5O2S/c1-18(2)14-20(17-33(3,26)27)24(31)29-22-15-19-16-30(23-11-7-6-10-21(19)23)13-9-5-4-8-12-28-25(22)32/h6-7,10-11,16,18,20,22,26-27H,4-5,8-9,12-15,17H2,1-3H3,(H,28,32)(H,29,31)/t20-,22-/m0/s1. The van der Waals surface area contributed by atoms with Gasteiger partial charge in [-0.3, -0.25) is 19.1 Å². The molecule has 0 saturated carbocycles. The molecule has 8 heteroatoms. The second kappa shape index (κ2) is 11.2. The van der Waals surface area contributed by atoms with Crippen molar-refractivity contribution >= 4 is 32.3 Å². The van der Waals surface area contributed by atoms with Crippen LogP contribution >= 0.6 is 0 Å². The second-order valence-corrected chi connectivity index (χ2v) is 12.4. The van der Waals surface area contributed by atoms with Crippen molar-refractivity contribution in [1.29, 1.82) is 9.56 Å². The summed E-state index contributed by atoms with van der Waals surface area (Å²) in [6.45, 7) is 5.65. The normalized spacial score (nSPS) is 19.3. The Morgan fingerprint density at radius 2 is 1.94 bits per heavy atom. The van der Waals surface area contributed by atoms with E-state index in [1.807, 2.05) is 26.0 Å². The fraction of sp³-hybridized carbons (Fsp3) is 0.600. The maximum Gasteiger partial charge on any atom is 0.242 e. The first-order valence-corrected chi connectivity index (χ1v) is 14.2. The summed E-state index contributed by atoms with van der Waals surface area (Å²) in [4.78, 5) is 26.4. The number of hydrogen-bond acceptors (Lipinski definition) is 4. The molecule has 1 aliphatic heterocycles. The summed E-state index contributed by atoms with van der Waals surface area (Å²) in [5, 5.41) is 7.16. The van der Waals surface area contributed by atoms with Gasteiger partial charge in [0.05, 0.1) is 0 Å². The molecule has 0 unspecified atom stereocenters. The predicted octanol–water partition coefficient (Wildman–Crippen LogP) is 4.33. The molecule has 2 atom stereocenters. The Bertz CT molecular complexity index is 1070. The molecule has 2 heterocycles. The SMILES string of the molecule is CC(C)C[C@@H](CS(C)(=N)=N)C(=O)N[C@H]1Cc2cn(c3ccccc23)CCCCCCNC1=O. The van der Waals surface area contributed by atoms with Crippen LogP contribution in [0.25, 0.3) is 10.9 Å². The molecular formula is C25H39N5O2S. The van der Waals surface area contributed by atoms with Gasteiger partial charge in [0.2, 0.25) is 11.8 Å². The zero-order chi connectivity index (χ0) is 24.0. The maximum atomic E-state index is 13.3. The summed E-state index contributed by atoms with van der Waals surface area (Å²) in [6, 6.07) is 7.57. The lowest BCUT2D eigenvalue weighted by atomic mass is 9.97. The van der Waals surface area contributed by atoms with E-state index in [0.717, 1.165) is 48.7 Å². The van der Waals surface area contributed by atoms with Crippen molar-refractivity contribution in [1.82, 2.24) is 15.2 Å². The Morgan fingerprint density at radius 1 is 1.21 bits per heavy atom. The molecule has 1 aromatic carbocycles. The number of nitrogens with zero attached hydrogens (tertiary/aromatic N) is 1. The van der Waals surface area contributed by atoms with E-state index >= 15 is 0 Å². The fourth-order valence-corrected chi connectivity index (χ4v) is 5.80. The molecule has 33 heavy (non-hydrogen) atoms. The summed E-state index contributed by atoms with van der Waals surface area (Å²) in [6.07, 6.45) is 8.97. The van der Waals surface area contributed by atoms with Gasteiger partial charge in [-0.15, -0.1) is 0 Å². The Kier molecular flexibility index (Phi) is 8.57. The zero-order valence-corrected chi connectivity index (χ0v) is 21.0. The van der Waals surface area contributed by atoms with Crippen LogP contribution in [0.1, 0.15) is 51.5 Å². The van der Waals surface area contributed by atoms with Gasteiger partial charge in [0.1, 0.15) is 6.04 Å². The number of hydrogen-bond donors (Lipinski definition) is 4. The minimum atomic E-state index is -2.33. The van der Waals surface area contributed by atoms with Gasteiger partial charge >= 0.3 is 0 Å². The summed E-state index contributed by atoms with van der Waals surface area (Å²) >= 11 is 0. The van der Waals surface area contributed by atoms with Crippen molar-refractivity contribution in [2.75, 3.05) is 18.6 Å². The largest absolute Gasteiger partial charge is 0.354 e. The molecule has 4 N–H and O–H groups in total. The number of benzene rings is 1. The van der Waals surface area contributed by atoms with Crippen molar-refractivity contribution in [3.63, 3.8) is 0 Å². The topological polar surface area (TPSA) is 111 Å². The number of nitrogens with one attached hydrogen (secondary N) is 4. The highest BCUT2D eigenvalue weighted by molar-refractivity contribution is 7.92. The van der Waals surface area contributed by atoms with E-state index in [1.165, 1.54) is 0 Å². The monoisotopic (exact) mass is 473 g/mol. The number of carbonyl (C=O) groups excluding carboxylic acids is 2. The zero-order valence-electron chi connectivity index (χ0n) is 20.2. The van der Waals surface area contributed by atoms with E-state index < -0.39 is 21.6 Å². The maximum absolute atomic E-state index is 13.3. The molecule has 2 bridgehead atoms. The van der Waals surface area contributed by atoms with Crippen LogP contribution in [0.4, 0.5) is 0 Å². The average molecular weight is 474 g/mol. The number of aryl methyl sites for hydroxylation is 1. The van der Waals surface area contributed by atoms with Crippen LogP contribution in [0.3, 0.4) is 0 Å². The van der Waals surface area contributed by atoms with Gasteiger partial charge in [-0.05, 0) is 36.8 Å². The van der Waals surface area contributed by atoms with Gasteiger partial charge in [0.15, 0.2) is 0 Å². The number of aromatic nitrogens is 1. The van der Waals surface area contributed by atoms with Gasteiger partial charge in [0, 0.05) is 54.5 Å². The van der Waals surface area contributed by atoms with E-state index in [4.69, 9.17) is 9.56 Å². The van der Waals surface area contributed by atoms with Crippen LogP contribution in [0.5, 0.6) is 0 Å². The molecule has 0 aliphatic carbocycles. The third-order valence-electron chi connectivity index (χ3n) is 6.21. The minimum absolute atomic E-state index is 0.158. The lowest BCUT2D eigenvalue weighted by molar-refractivity contribution is -0.131. The first kappa shape index (κ1) is 25.3. The molecule has 1 aliphatic rings. The molecule has 1 aromatic heterocycles. The molecule has 3 rings (SSSR count). The Hall–Kier alpha value is -2.35. The fourth-order valence-electron chi connectivity index (χ4n) is 4.71. The Morgan fingerprint density at radius 3 is 2.67 bits per heavy atom. The summed E-state index contributed by atoms with van der Waals surface area (Å²) in [5.41, 5.74) is 2.22. The van der Waals surface area contributed by atoms with Crippen molar-refractivity contribution in [2.45, 2.75) is 65.0 Å². The first-order valence-electron chi connectivity index (χ1n) is 12.0. The molecule has 0 fully saturated rings. The predicted molar refractivity (Wildman–Crippen MR) is 136 cm³/mol. The van der Waals surface area contributed by atoms with Gasteiger partial charge in [-0.1, -0.05) is 54.5 Å². The summed E-state index contributed by atoms with van der Waals surface area (Å²) in [5.74, 6) is -0.303. The van der Waals surface area contributed by atoms with E-state index in [0.29, 0.717) is 19.4 Å². The van der Waals surface area contributed by atoms with Crippen LogP contribution in [-0.2, 0) is 32.2 Å². The number of carbonyl (C=O) groups is 2. The molecule has 182 valence electrons. The molecule has 2 amide bonds. The molecular weight excluding hydrogens is 434 g/mol. The van der Waals surface area contributed by atoms with Gasteiger partial charge < -0.3 is 15.2 Å². The summed E-state index contributed by atoms with van der Waals surface area (Å²) < 4.78 is 18.4. The number of amides is 2. The van der Waals surface area contributed by atoms with Gasteiger partial charge in [-0.2, -0.15) is 0 Å². The third-order valence-corrected chi connectivity index (χ3v) is 7.28. The lowest BCUT2D eigenvalue weighted by Crippen LogP contribution is -2.50. The summed E-state index contributed by atoms with van der Waals surface area (Å²) in [7, 11) is -2.33.